The molecule has 2 atom stereocenters. The van der Waals surface area contributed by atoms with Gasteiger partial charge in [0.25, 0.3) is 5.91 Å². The van der Waals surface area contributed by atoms with Crippen molar-refractivity contribution in [2.75, 3.05) is 13.6 Å². The van der Waals surface area contributed by atoms with E-state index in [0.717, 1.165) is 25.0 Å². The number of nitrogens with zero attached hydrogens (tertiary/aromatic N) is 3. The molecule has 2 aliphatic heterocycles. The number of carbonyl (C=O) groups excluding carboxylic acids is 2. The van der Waals surface area contributed by atoms with Crippen LogP contribution in [0, 0.1) is 0 Å². The van der Waals surface area contributed by atoms with Gasteiger partial charge in [-0.1, -0.05) is 0 Å². The van der Waals surface area contributed by atoms with Crippen LogP contribution in [0.1, 0.15) is 33.1 Å². The Kier molecular flexibility index (Phi) is 3.72. The summed E-state index contributed by atoms with van der Waals surface area (Å²) in [5.41, 5.74) is 3.61. The first-order valence-electron chi connectivity index (χ1n) is 7.64. The summed E-state index contributed by atoms with van der Waals surface area (Å²) in [6, 6.07) is -0.571. The van der Waals surface area contributed by atoms with Gasteiger partial charge in [0.05, 0.1) is 17.3 Å². The second kappa shape index (κ2) is 5.55. The minimum Gasteiger partial charge on any atom is -0.339 e. The molecule has 0 spiro atoms. The van der Waals surface area contributed by atoms with Crippen LogP contribution in [0.5, 0.6) is 0 Å². The minimum absolute atomic E-state index is 0.00574. The molecule has 1 aliphatic carbocycles. The third-order valence-electron chi connectivity index (χ3n) is 4.46. The topological polar surface area (TPSA) is 86.2 Å². The Balaban J connectivity index is 1.71. The summed E-state index contributed by atoms with van der Waals surface area (Å²) < 4.78 is 0. The molecular weight excluding hydrogens is 282 g/mol. The fourth-order valence-electron chi connectivity index (χ4n) is 3.34. The van der Waals surface area contributed by atoms with Crippen LogP contribution in [0.2, 0.25) is 0 Å². The number of rotatable bonds is 3. The molecule has 2 N–H and O–H groups in total. The maximum atomic E-state index is 12.7. The van der Waals surface area contributed by atoms with Crippen LogP contribution in [0.3, 0.4) is 0 Å². The van der Waals surface area contributed by atoms with E-state index in [1.54, 1.807) is 18.9 Å². The quantitative estimate of drug-likeness (QED) is 0.831. The smallest absolute Gasteiger partial charge is 0.319 e. The summed E-state index contributed by atoms with van der Waals surface area (Å²) in [4.78, 5) is 25.8. The zero-order chi connectivity index (χ0) is 15.9. The first-order chi connectivity index (χ1) is 10.5. The lowest BCUT2D eigenvalue weighted by molar-refractivity contribution is -0.126. The summed E-state index contributed by atoms with van der Waals surface area (Å²) in [5.74, 6) is -0.0836. The van der Waals surface area contributed by atoms with E-state index < -0.39 is 0 Å². The molecule has 0 saturated carbocycles. The SMILES string of the molecule is CC1=C(C(=O)N(C)C[C@H]2N=NC3=C2CCC3)[C@@H](C)NC(=O)N1. The van der Waals surface area contributed by atoms with E-state index >= 15 is 0 Å². The van der Waals surface area contributed by atoms with Crippen LogP contribution < -0.4 is 10.6 Å². The lowest BCUT2D eigenvalue weighted by Crippen LogP contribution is -2.50. The van der Waals surface area contributed by atoms with E-state index in [2.05, 4.69) is 20.9 Å². The highest BCUT2D eigenvalue weighted by Crippen LogP contribution is 2.35. The Hall–Kier alpha value is -2.18. The molecule has 0 aromatic heterocycles. The normalized spacial score (nSPS) is 27.0. The molecule has 0 aromatic carbocycles. The Morgan fingerprint density at radius 3 is 2.91 bits per heavy atom. The van der Waals surface area contributed by atoms with Crippen LogP contribution in [-0.4, -0.2) is 42.5 Å². The summed E-state index contributed by atoms with van der Waals surface area (Å²) in [6.07, 6.45) is 3.17. The molecule has 0 saturated heterocycles. The number of likely N-dealkylation sites (N-methyl/N-ethyl adjacent to an activating group) is 1. The molecule has 0 aromatic rings. The van der Waals surface area contributed by atoms with E-state index in [4.69, 9.17) is 0 Å². The van der Waals surface area contributed by atoms with Crippen LogP contribution in [0.25, 0.3) is 0 Å². The van der Waals surface area contributed by atoms with Gasteiger partial charge in [-0.05, 0) is 38.7 Å². The van der Waals surface area contributed by atoms with E-state index in [-0.39, 0.29) is 24.0 Å². The van der Waals surface area contributed by atoms with E-state index in [1.165, 1.54) is 5.57 Å². The standard InChI is InChI=1S/C15H21N5O2/c1-8-13(9(2)17-15(22)16-8)14(21)20(3)7-12-10-5-4-6-11(10)18-19-12/h8,12H,4-7H2,1-3H3,(H2,16,17,22)/t8-,12-/m1/s1. The van der Waals surface area contributed by atoms with Gasteiger partial charge in [-0.15, -0.1) is 0 Å². The van der Waals surface area contributed by atoms with Gasteiger partial charge in [-0.25, -0.2) is 4.79 Å². The molecule has 3 amide bonds. The maximum Gasteiger partial charge on any atom is 0.319 e. The molecule has 7 nitrogen and oxygen atoms in total. The van der Waals surface area contributed by atoms with Gasteiger partial charge in [0, 0.05) is 19.3 Å². The Bertz CT molecular complexity index is 619. The minimum atomic E-state index is -0.296. The van der Waals surface area contributed by atoms with E-state index in [1.807, 2.05) is 6.92 Å². The fraction of sp³-hybridized carbons (Fsp3) is 0.600. The van der Waals surface area contributed by atoms with Crippen molar-refractivity contribution in [2.45, 2.75) is 45.2 Å². The van der Waals surface area contributed by atoms with Gasteiger partial charge in [0.2, 0.25) is 0 Å². The highest BCUT2D eigenvalue weighted by molar-refractivity contribution is 5.98. The number of allylic oxidation sites excluding steroid dienone is 2. The van der Waals surface area contributed by atoms with Crippen LogP contribution in [0.15, 0.2) is 32.8 Å². The van der Waals surface area contributed by atoms with Crippen molar-refractivity contribution < 1.29 is 9.59 Å². The number of hydrogen-bond donors (Lipinski definition) is 2. The van der Waals surface area contributed by atoms with Crippen LogP contribution in [-0.2, 0) is 4.79 Å². The third-order valence-corrected chi connectivity index (χ3v) is 4.46. The lowest BCUT2D eigenvalue weighted by atomic mass is 10.0. The van der Waals surface area contributed by atoms with Crippen LogP contribution in [0.4, 0.5) is 4.79 Å². The Morgan fingerprint density at radius 1 is 1.41 bits per heavy atom. The predicted molar refractivity (Wildman–Crippen MR) is 81.0 cm³/mol. The largest absolute Gasteiger partial charge is 0.339 e. The molecule has 0 bridgehead atoms. The summed E-state index contributed by atoms with van der Waals surface area (Å²) in [5, 5.41) is 13.9. The van der Waals surface area contributed by atoms with E-state index in [9.17, 15) is 9.59 Å². The van der Waals surface area contributed by atoms with Crippen molar-refractivity contribution in [3.05, 3.63) is 22.5 Å². The van der Waals surface area contributed by atoms with Gasteiger partial charge in [0.1, 0.15) is 6.04 Å². The first kappa shape index (κ1) is 14.7. The van der Waals surface area contributed by atoms with Gasteiger partial charge in [0.15, 0.2) is 0 Å². The highest BCUT2D eigenvalue weighted by Gasteiger charge is 2.32. The molecule has 2 heterocycles. The summed E-state index contributed by atoms with van der Waals surface area (Å²) in [7, 11) is 1.77. The van der Waals surface area contributed by atoms with Gasteiger partial charge < -0.3 is 15.5 Å². The number of hydrogen-bond acceptors (Lipinski definition) is 4. The number of urea groups is 1. The first-order valence-corrected chi connectivity index (χ1v) is 7.64. The van der Waals surface area contributed by atoms with Gasteiger partial charge in [-0.3, -0.25) is 4.79 Å². The van der Waals surface area contributed by atoms with E-state index in [0.29, 0.717) is 17.8 Å². The van der Waals surface area contributed by atoms with Crippen molar-refractivity contribution >= 4 is 11.9 Å². The molecule has 0 radical (unpaired) electrons. The Labute approximate surface area is 129 Å². The summed E-state index contributed by atoms with van der Waals surface area (Å²) in [6.45, 7) is 4.10. The van der Waals surface area contributed by atoms with Crippen LogP contribution >= 0.6 is 0 Å². The second-order valence-corrected chi connectivity index (χ2v) is 6.10. The van der Waals surface area contributed by atoms with Crippen molar-refractivity contribution in [2.24, 2.45) is 10.2 Å². The second-order valence-electron chi connectivity index (χ2n) is 6.10. The molecule has 22 heavy (non-hydrogen) atoms. The van der Waals surface area contributed by atoms with Crippen molar-refractivity contribution in [3.8, 4) is 0 Å². The number of nitrogens with one attached hydrogen (secondary N) is 2. The van der Waals surface area contributed by atoms with Crippen molar-refractivity contribution in [3.63, 3.8) is 0 Å². The molecule has 0 unspecified atom stereocenters. The third kappa shape index (κ3) is 2.51. The lowest BCUT2D eigenvalue weighted by Gasteiger charge is -2.29. The molecular formula is C15H21N5O2. The summed E-state index contributed by atoms with van der Waals surface area (Å²) >= 11 is 0. The van der Waals surface area contributed by atoms with Gasteiger partial charge >= 0.3 is 6.03 Å². The average molecular weight is 303 g/mol. The molecule has 7 heteroatoms. The average Bonchev–Trinajstić information content (AvgIpc) is 3.02. The van der Waals surface area contributed by atoms with Gasteiger partial charge in [-0.2, -0.15) is 10.2 Å². The number of amides is 3. The molecule has 118 valence electrons. The highest BCUT2D eigenvalue weighted by atomic mass is 16.2. The molecule has 0 fully saturated rings. The zero-order valence-electron chi connectivity index (χ0n) is 13.1. The molecule has 3 aliphatic rings. The number of carbonyl (C=O) groups is 2. The fourth-order valence-corrected chi connectivity index (χ4v) is 3.34. The maximum absolute atomic E-state index is 12.7. The zero-order valence-corrected chi connectivity index (χ0v) is 13.1. The van der Waals surface area contributed by atoms with Crippen molar-refractivity contribution in [1.82, 2.24) is 15.5 Å². The molecule has 3 rings (SSSR count). The number of azo groups is 1. The Morgan fingerprint density at radius 2 is 2.18 bits per heavy atom. The predicted octanol–water partition coefficient (Wildman–Crippen LogP) is 1.69. The van der Waals surface area contributed by atoms with Crippen molar-refractivity contribution in [1.29, 1.82) is 0 Å². The monoisotopic (exact) mass is 303 g/mol.